The molecule has 21 heavy (non-hydrogen) atoms. The van der Waals surface area contributed by atoms with Crippen molar-refractivity contribution in [2.75, 3.05) is 0 Å². The van der Waals surface area contributed by atoms with E-state index in [1.165, 1.54) is 0 Å². The number of ketones is 1. The highest BCUT2D eigenvalue weighted by Crippen LogP contribution is 2.47. The third kappa shape index (κ3) is 2.96. The molecule has 0 amide bonds. The second-order valence-electron chi connectivity index (χ2n) is 5.25. The molecule has 2 aromatic rings. The van der Waals surface area contributed by atoms with Crippen LogP contribution in [0.3, 0.4) is 0 Å². The molecule has 1 aliphatic carbocycles. The second-order valence-corrected chi connectivity index (χ2v) is 6.62. The van der Waals surface area contributed by atoms with Gasteiger partial charge in [-0.15, -0.1) is 11.8 Å². The van der Waals surface area contributed by atoms with Crippen molar-refractivity contribution in [3.63, 3.8) is 0 Å². The quantitative estimate of drug-likeness (QED) is 0.742. The van der Waals surface area contributed by atoms with Crippen LogP contribution in [-0.4, -0.2) is 5.78 Å². The SMILES string of the molecule is O=C1CCC=CCC1(Sc1ccccc1)c1ccccc1. The number of thioether (sulfide) groups is 1. The van der Waals surface area contributed by atoms with E-state index in [-0.39, 0.29) is 0 Å². The lowest BCUT2D eigenvalue weighted by molar-refractivity contribution is -0.121. The summed E-state index contributed by atoms with van der Waals surface area (Å²) in [6.07, 6.45) is 6.52. The summed E-state index contributed by atoms with van der Waals surface area (Å²) >= 11 is 1.69. The molecule has 2 heteroatoms. The number of benzene rings is 2. The summed E-state index contributed by atoms with van der Waals surface area (Å²) in [7, 11) is 0. The van der Waals surface area contributed by atoms with E-state index in [2.05, 4.69) is 36.4 Å². The Hall–Kier alpha value is -1.80. The number of allylic oxidation sites excluding steroid dienone is 2. The first-order valence-corrected chi connectivity index (χ1v) is 8.11. The first kappa shape index (κ1) is 14.2. The highest BCUT2D eigenvalue weighted by Gasteiger charge is 2.40. The average Bonchev–Trinajstić information content (AvgIpc) is 2.72. The molecule has 0 fully saturated rings. The van der Waals surface area contributed by atoms with Gasteiger partial charge in [-0.05, 0) is 30.5 Å². The predicted molar refractivity (Wildman–Crippen MR) is 88.4 cm³/mol. The number of Topliss-reactive ketones (excluding diaryl/α,β-unsaturated/α-hetero) is 1. The van der Waals surface area contributed by atoms with E-state index in [0.717, 1.165) is 23.3 Å². The maximum absolute atomic E-state index is 12.9. The summed E-state index contributed by atoms with van der Waals surface area (Å²) in [4.78, 5) is 14.0. The summed E-state index contributed by atoms with van der Waals surface area (Å²) in [5.41, 5.74) is 1.11. The van der Waals surface area contributed by atoms with E-state index in [9.17, 15) is 4.79 Å². The molecule has 0 N–H and O–H groups in total. The van der Waals surface area contributed by atoms with Gasteiger partial charge in [0.1, 0.15) is 4.75 Å². The molecule has 0 aromatic heterocycles. The van der Waals surface area contributed by atoms with Gasteiger partial charge >= 0.3 is 0 Å². The lowest BCUT2D eigenvalue weighted by Gasteiger charge is -2.31. The number of hydrogen-bond donors (Lipinski definition) is 0. The zero-order valence-corrected chi connectivity index (χ0v) is 12.7. The molecule has 0 saturated carbocycles. The fourth-order valence-electron chi connectivity index (χ4n) is 2.73. The molecule has 1 atom stereocenters. The van der Waals surface area contributed by atoms with E-state index in [1.54, 1.807) is 11.8 Å². The highest BCUT2D eigenvalue weighted by atomic mass is 32.2. The Kier molecular flexibility index (Phi) is 4.26. The van der Waals surface area contributed by atoms with Gasteiger partial charge < -0.3 is 0 Å². The van der Waals surface area contributed by atoms with Crippen molar-refractivity contribution < 1.29 is 4.79 Å². The summed E-state index contributed by atoms with van der Waals surface area (Å²) in [6, 6.07) is 20.4. The molecular weight excluding hydrogens is 276 g/mol. The Morgan fingerprint density at radius 2 is 1.52 bits per heavy atom. The van der Waals surface area contributed by atoms with Crippen LogP contribution >= 0.6 is 11.8 Å². The van der Waals surface area contributed by atoms with Gasteiger partial charge in [0.25, 0.3) is 0 Å². The van der Waals surface area contributed by atoms with Crippen LogP contribution in [0.15, 0.2) is 77.7 Å². The zero-order valence-electron chi connectivity index (χ0n) is 11.9. The van der Waals surface area contributed by atoms with E-state index in [0.29, 0.717) is 12.2 Å². The molecule has 0 heterocycles. The average molecular weight is 294 g/mol. The molecule has 1 nitrogen and oxygen atoms in total. The lowest BCUT2D eigenvalue weighted by Crippen LogP contribution is -2.31. The molecule has 0 radical (unpaired) electrons. The van der Waals surface area contributed by atoms with Crippen molar-refractivity contribution in [3.8, 4) is 0 Å². The van der Waals surface area contributed by atoms with Crippen molar-refractivity contribution in [2.24, 2.45) is 0 Å². The van der Waals surface area contributed by atoms with E-state index in [1.807, 2.05) is 36.4 Å². The topological polar surface area (TPSA) is 17.1 Å². The standard InChI is InChI=1S/C19H18OS/c20-18-14-8-3-9-15-19(18,16-10-4-1-5-11-16)21-17-12-6-2-7-13-17/h1-7,9-13H,8,14-15H2. The molecule has 1 aliphatic rings. The molecule has 0 aliphatic heterocycles. The summed E-state index contributed by atoms with van der Waals surface area (Å²) in [5, 5.41) is 0. The molecule has 1 unspecified atom stereocenters. The number of carbonyl (C=O) groups excluding carboxylic acids is 1. The van der Waals surface area contributed by atoms with Gasteiger partial charge in [-0.2, -0.15) is 0 Å². The monoisotopic (exact) mass is 294 g/mol. The molecule has 0 saturated heterocycles. The maximum Gasteiger partial charge on any atom is 0.154 e. The third-order valence-electron chi connectivity index (χ3n) is 3.84. The molecule has 0 spiro atoms. The van der Waals surface area contributed by atoms with Crippen LogP contribution in [0, 0.1) is 0 Å². The second kappa shape index (κ2) is 6.31. The van der Waals surface area contributed by atoms with Gasteiger partial charge in [0.15, 0.2) is 5.78 Å². The summed E-state index contributed by atoms with van der Waals surface area (Å²) < 4.78 is -0.490. The first-order chi connectivity index (χ1) is 10.3. The van der Waals surface area contributed by atoms with Crippen LogP contribution in [0.4, 0.5) is 0 Å². The lowest BCUT2D eigenvalue weighted by atomic mass is 9.90. The number of rotatable bonds is 3. The van der Waals surface area contributed by atoms with Gasteiger partial charge in [-0.1, -0.05) is 60.7 Å². The van der Waals surface area contributed by atoms with E-state index < -0.39 is 4.75 Å². The fraction of sp³-hybridized carbons (Fsp3) is 0.211. The van der Waals surface area contributed by atoms with Crippen LogP contribution in [0.2, 0.25) is 0 Å². The minimum atomic E-state index is -0.490. The van der Waals surface area contributed by atoms with Gasteiger partial charge in [-0.3, -0.25) is 4.79 Å². The Morgan fingerprint density at radius 3 is 2.24 bits per heavy atom. The Labute approximate surface area is 130 Å². The van der Waals surface area contributed by atoms with Crippen LogP contribution in [0.25, 0.3) is 0 Å². The molecule has 2 aromatic carbocycles. The van der Waals surface area contributed by atoms with E-state index >= 15 is 0 Å². The minimum Gasteiger partial charge on any atom is -0.298 e. The predicted octanol–water partition coefficient (Wildman–Crippen LogP) is 4.98. The molecular formula is C19H18OS. The largest absolute Gasteiger partial charge is 0.298 e. The van der Waals surface area contributed by atoms with Crippen molar-refractivity contribution in [1.29, 1.82) is 0 Å². The minimum absolute atomic E-state index is 0.326. The number of hydrogen-bond acceptors (Lipinski definition) is 2. The van der Waals surface area contributed by atoms with E-state index in [4.69, 9.17) is 0 Å². The zero-order chi connectivity index (χ0) is 14.5. The normalized spacial score (nSPS) is 22.0. The molecule has 0 bridgehead atoms. The van der Waals surface area contributed by atoms with Crippen molar-refractivity contribution >= 4 is 17.5 Å². The fourth-order valence-corrected chi connectivity index (χ4v) is 4.08. The maximum atomic E-state index is 12.9. The molecule has 106 valence electrons. The van der Waals surface area contributed by atoms with Crippen molar-refractivity contribution in [3.05, 3.63) is 78.4 Å². The van der Waals surface area contributed by atoms with Crippen LogP contribution in [0.1, 0.15) is 24.8 Å². The first-order valence-electron chi connectivity index (χ1n) is 7.29. The van der Waals surface area contributed by atoms with Crippen LogP contribution < -0.4 is 0 Å². The summed E-state index contributed by atoms with van der Waals surface area (Å²) in [5.74, 6) is 0.326. The van der Waals surface area contributed by atoms with Gasteiger partial charge in [-0.25, -0.2) is 0 Å². The number of carbonyl (C=O) groups is 1. The smallest absolute Gasteiger partial charge is 0.154 e. The van der Waals surface area contributed by atoms with Gasteiger partial charge in [0.2, 0.25) is 0 Å². The third-order valence-corrected chi connectivity index (χ3v) is 5.32. The highest BCUT2D eigenvalue weighted by molar-refractivity contribution is 8.01. The Bertz CT molecular complexity index is 633. The molecule has 3 rings (SSSR count). The van der Waals surface area contributed by atoms with Crippen molar-refractivity contribution in [2.45, 2.75) is 28.9 Å². The summed E-state index contributed by atoms with van der Waals surface area (Å²) in [6.45, 7) is 0. The van der Waals surface area contributed by atoms with Crippen LogP contribution in [0.5, 0.6) is 0 Å². The Balaban J connectivity index is 2.06. The van der Waals surface area contributed by atoms with Crippen LogP contribution in [-0.2, 0) is 9.54 Å². The Morgan fingerprint density at radius 1 is 0.857 bits per heavy atom. The van der Waals surface area contributed by atoms with Crippen molar-refractivity contribution in [1.82, 2.24) is 0 Å². The van der Waals surface area contributed by atoms with Gasteiger partial charge in [0, 0.05) is 11.3 Å². The van der Waals surface area contributed by atoms with Gasteiger partial charge in [0.05, 0.1) is 0 Å².